The number of benzene rings is 8. The molecule has 0 N–H and O–H groups in total. The Labute approximate surface area is 301 Å². The van der Waals surface area contributed by atoms with E-state index in [2.05, 4.69) is 173 Å². The van der Waals surface area contributed by atoms with Gasteiger partial charge in [-0.05, 0) is 90.0 Å². The van der Waals surface area contributed by atoms with E-state index < -0.39 is 0 Å². The Morgan fingerprint density at radius 3 is 1.83 bits per heavy atom. The number of thiophene rings is 1. The Kier molecular flexibility index (Phi) is 5.65. The number of rotatable bonds is 3. The summed E-state index contributed by atoms with van der Waals surface area (Å²) in [5.41, 5.74) is 11.2. The van der Waals surface area contributed by atoms with E-state index in [0.717, 1.165) is 44.2 Å². The summed E-state index contributed by atoms with van der Waals surface area (Å²) in [6.07, 6.45) is 0. The molecule has 4 aromatic heterocycles. The third-order valence-electron chi connectivity index (χ3n) is 10.9. The van der Waals surface area contributed by atoms with Crippen molar-refractivity contribution >= 4 is 97.1 Å². The maximum Gasteiger partial charge on any atom is 0.145 e. The molecule has 242 valence electrons. The van der Waals surface area contributed by atoms with Gasteiger partial charge in [-0.25, -0.2) is 0 Å². The zero-order chi connectivity index (χ0) is 33.9. The minimum Gasteiger partial charge on any atom is -0.455 e. The van der Waals surface area contributed by atoms with Crippen LogP contribution in [-0.4, -0.2) is 9.13 Å². The summed E-state index contributed by atoms with van der Waals surface area (Å²) in [6, 6.07) is 61.7. The van der Waals surface area contributed by atoms with Gasteiger partial charge in [-0.15, -0.1) is 11.3 Å². The third kappa shape index (κ3) is 3.79. The maximum atomic E-state index is 6.70. The summed E-state index contributed by atoms with van der Waals surface area (Å²) < 4.78 is 14.2. The van der Waals surface area contributed by atoms with Crippen LogP contribution < -0.4 is 0 Å². The monoisotopic (exact) mass is 680 g/mol. The Hall–Kier alpha value is -6.62. The van der Waals surface area contributed by atoms with Gasteiger partial charge in [-0.2, -0.15) is 0 Å². The summed E-state index contributed by atoms with van der Waals surface area (Å²) in [5.74, 6) is 0. The Balaban J connectivity index is 1.23. The van der Waals surface area contributed by atoms with Gasteiger partial charge in [-0.1, -0.05) is 91.0 Å². The summed E-state index contributed by atoms with van der Waals surface area (Å²) in [6.45, 7) is 0. The second-order valence-corrected chi connectivity index (χ2v) is 14.8. The van der Waals surface area contributed by atoms with Crippen molar-refractivity contribution < 1.29 is 4.42 Å². The smallest absolute Gasteiger partial charge is 0.145 e. The Bertz CT molecular complexity index is 3400. The highest BCUT2D eigenvalue weighted by Gasteiger charge is 2.24. The van der Waals surface area contributed by atoms with E-state index in [1.807, 2.05) is 17.4 Å². The molecule has 0 aliphatic heterocycles. The van der Waals surface area contributed by atoms with Crippen molar-refractivity contribution in [2.75, 3.05) is 0 Å². The molecule has 52 heavy (non-hydrogen) atoms. The van der Waals surface area contributed by atoms with Crippen molar-refractivity contribution in [3.05, 3.63) is 170 Å². The normalized spacial score (nSPS) is 12.2. The average molecular weight is 681 g/mol. The first-order valence-electron chi connectivity index (χ1n) is 17.7. The molecule has 0 saturated carbocycles. The van der Waals surface area contributed by atoms with E-state index in [1.54, 1.807) is 0 Å². The molecule has 0 saturated heterocycles. The third-order valence-corrected chi connectivity index (χ3v) is 12.1. The molecule has 0 bridgehead atoms. The Morgan fingerprint density at radius 1 is 0.385 bits per heavy atom. The molecular weight excluding hydrogens is 653 g/mol. The van der Waals surface area contributed by atoms with Crippen molar-refractivity contribution in [2.45, 2.75) is 0 Å². The van der Waals surface area contributed by atoms with E-state index in [4.69, 9.17) is 4.42 Å². The molecule has 4 heteroatoms. The molecule has 0 fully saturated rings. The zero-order valence-corrected chi connectivity index (χ0v) is 28.7. The first kappa shape index (κ1) is 28.1. The van der Waals surface area contributed by atoms with Gasteiger partial charge in [0.15, 0.2) is 0 Å². The molecule has 4 heterocycles. The van der Waals surface area contributed by atoms with Crippen LogP contribution in [0.3, 0.4) is 0 Å². The van der Waals surface area contributed by atoms with Gasteiger partial charge in [-0.3, -0.25) is 0 Å². The number of nitrogens with zero attached hydrogens (tertiary/aromatic N) is 2. The van der Waals surface area contributed by atoms with Crippen LogP contribution in [0.4, 0.5) is 0 Å². The first-order valence-corrected chi connectivity index (χ1v) is 18.5. The van der Waals surface area contributed by atoms with Crippen LogP contribution in [0.5, 0.6) is 0 Å². The fourth-order valence-corrected chi connectivity index (χ4v) is 9.74. The van der Waals surface area contributed by atoms with Crippen LogP contribution in [0.15, 0.2) is 174 Å². The molecule has 0 radical (unpaired) electrons. The van der Waals surface area contributed by atoms with Crippen LogP contribution in [0, 0.1) is 0 Å². The lowest BCUT2D eigenvalue weighted by Crippen LogP contribution is -1.95. The minimum absolute atomic E-state index is 0.911. The standard InChI is InChI=1S/C48H28N2OS/c1-3-11-31(12-4-1)49-39-25-23-37-46-40(24-22-35-33-15-7-9-17-42(33)51-48(35)46)50(32-13-5-2-6-14-32)47(37)45(39)36-21-19-30(28-41(36)49)29-20-26-44-38(27-29)34-16-8-10-18-43(34)52-44/h1-28H. The summed E-state index contributed by atoms with van der Waals surface area (Å²) in [5, 5.41) is 9.68. The molecule has 0 atom stereocenters. The predicted molar refractivity (Wildman–Crippen MR) is 221 cm³/mol. The molecule has 3 nitrogen and oxygen atoms in total. The van der Waals surface area contributed by atoms with Gasteiger partial charge >= 0.3 is 0 Å². The predicted octanol–water partition coefficient (Wildman–Crippen LogP) is 13.8. The van der Waals surface area contributed by atoms with Crippen molar-refractivity contribution in [1.29, 1.82) is 0 Å². The Morgan fingerprint density at radius 2 is 1.00 bits per heavy atom. The minimum atomic E-state index is 0.911. The fraction of sp³-hybridized carbons (Fsp3) is 0. The van der Waals surface area contributed by atoms with Gasteiger partial charge in [0, 0.05) is 58.5 Å². The molecule has 12 rings (SSSR count). The number of hydrogen-bond acceptors (Lipinski definition) is 2. The number of aromatic nitrogens is 2. The maximum absolute atomic E-state index is 6.70. The van der Waals surface area contributed by atoms with Gasteiger partial charge in [0.25, 0.3) is 0 Å². The number of para-hydroxylation sites is 3. The van der Waals surface area contributed by atoms with Crippen LogP contribution in [0.2, 0.25) is 0 Å². The quantitative estimate of drug-likeness (QED) is 0.182. The summed E-state index contributed by atoms with van der Waals surface area (Å²) in [4.78, 5) is 0. The fourth-order valence-electron chi connectivity index (χ4n) is 8.66. The highest BCUT2D eigenvalue weighted by Crippen LogP contribution is 2.46. The molecule has 0 aliphatic carbocycles. The summed E-state index contributed by atoms with van der Waals surface area (Å²) in [7, 11) is 0. The molecule has 12 aromatic rings. The van der Waals surface area contributed by atoms with Crippen LogP contribution in [0.25, 0.3) is 108 Å². The van der Waals surface area contributed by atoms with E-state index in [-0.39, 0.29) is 0 Å². The highest BCUT2D eigenvalue weighted by molar-refractivity contribution is 7.25. The lowest BCUT2D eigenvalue weighted by molar-refractivity contribution is 0.673. The van der Waals surface area contributed by atoms with E-state index in [0.29, 0.717) is 0 Å². The zero-order valence-electron chi connectivity index (χ0n) is 27.9. The SMILES string of the molecule is c1ccc(-n2c3cc(-c4ccc5sc6ccccc6c5c4)ccc3c3c2ccc2c4c5oc6ccccc6c5ccc4n(-c4ccccc4)c23)cc1. The molecule has 8 aromatic carbocycles. The van der Waals surface area contributed by atoms with E-state index in [9.17, 15) is 0 Å². The number of fused-ring (bicyclic) bond motifs is 14. The van der Waals surface area contributed by atoms with Gasteiger partial charge < -0.3 is 13.6 Å². The summed E-state index contributed by atoms with van der Waals surface area (Å²) >= 11 is 1.86. The van der Waals surface area contributed by atoms with Crippen molar-refractivity contribution in [3.8, 4) is 22.5 Å². The lowest BCUT2D eigenvalue weighted by atomic mass is 10.0. The topological polar surface area (TPSA) is 23.0 Å². The van der Waals surface area contributed by atoms with Gasteiger partial charge in [0.1, 0.15) is 11.2 Å². The second-order valence-electron chi connectivity index (χ2n) is 13.7. The molecule has 0 aliphatic rings. The average Bonchev–Trinajstić information content (AvgIpc) is 3.95. The number of hydrogen-bond donors (Lipinski definition) is 0. The molecule has 0 amide bonds. The van der Waals surface area contributed by atoms with Crippen molar-refractivity contribution in [3.63, 3.8) is 0 Å². The van der Waals surface area contributed by atoms with Gasteiger partial charge in [0.05, 0.1) is 27.5 Å². The van der Waals surface area contributed by atoms with Gasteiger partial charge in [0.2, 0.25) is 0 Å². The van der Waals surface area contributed by atoms with Crippen LogP contribution in [0.1, 0.15) is 0 Å². The number of furan rings is 1. The van der Waals surface area contributed by atoms with Crippen LogP contribution in [-0.2, 0) is 0 Å². The molecule has 0 unspecified atom stereocenters. The van der Waals surface area contributed by atoms with E-state index >= 15 is 0 Å². The first-order chi connectivity index (χ1) is 25.8. The highest BCUT2D eigenvalue weighted by atomic mass is 32.1. The van der Waals surface area contributed by atoms with Crippen LogP contribution >= 0.6 is 11.3 Å². The second kappa shape index (κ2) is 10.5. The largest absolute Gasteiger partial charge is 0.455 e. The van der Waals surface area contributed by atoms with Crippen molar-refractivity contribution in [2.24, 2.45) is 0 Å². The van der Waals surface area contributed by atoms with Crippen molar-refractivity contribution in [1.82, 2.24) is 9.13 Å². The lowest BCUT2D eigenvalue weighted by Gasteiger charge is -2.10. The van der Waals surface area contributed by atoms with E-state index in [1.165, 1.54) is 64.0 Å². The molecular formula is C48H28N2OS. The molecule has 0 spiro atoms.